The van der Waals surface area contributed by atoms with Gasteiger partial charge in [0.1, 0.15) is 0 Å². The van der Waals surface area contributed by atoms with E-state index in [2.05, 4.69) is 27.2 Å². The zero-order chi connectivity index (χ0) is 10.1. The summed E-state index contributed by atoms with van der Waals surface area (Å²) >= 11 is 5.08. The summed E-state index contributed by atoms with van der Waals surface area (Å²) in [6.07, 6.45) is 0. The summed E-state index contributed by atoms with van der Waals surface area (Å²) in [5.41, 5.74) is 3.60. The Morgan fingerprint density at radius 2 is 2.36 bits per heavy atom. The monoisotopic (exact) mass is 210 g/mol. The summed E-state index contributed by atoms with van der Waals surface area (Å²) in [5.74, 6) is 0. The molecule has 14 heavy (non-hydrogen) atoms. The van der Waals surface area contributed by atoms with Gasteiger partial charge in [0.05, 0.1) is 5.69 Å². The van der Waals surface area contributed by atoms with E-state index in [1.54, 1.807) is 0 Å². The third-order valence-corrected chi connectivity index (χ3v) is 2.60. The second-order valence-corrected chi connectivity index (χ2v) is 4.04. The van der Waals surface area contributed by atoms with Gasteiger partial charge in [0, 0.05) is 30.9 Å². The van der Waals surface area contributed by atoms with E-state index in [4.69, 9.17) is 12.2 Å². The topological polar surface area (TPSA) is 44.0 Å². The molecule has 0 unspecified atom stereocenters. The first-order valence-electron chi connectivity index (χ1n) is 4.65. The van der Waals surface area contributed by atoms with Crippen molar-refractivity contribution in [3.05, 3.63) is 21.7 Å². The van der Waals surface area contributed by atoms with Crippen molar-refractivity contribution in [2.75, 3.05) is 14.1 Å². The highest BCUT2D eigenvalue weighted by molar-refractivity contribution is 7.71. The predicted molar refractivity (Wildman–Crippen MR) is 57.4 cm³/mol. The van der Waals surface area contributed by atoms with Crippen LogP contribution >= 0.6 is 12.2 Å². The minimum Gasteiger partial charge on any atom is -0.333 e. The fraction of sp³-hybridized carbons (Fsp3) is 0.556. The van der Waals surface area contributed by atoms with Gasteiger partial charge in [0.2, 0.25) is 0 Å². The minimum absolute atomic E-state index is 0.587. The molecule has 0 fully saturated rings. The second kappa shape index (κ2) is 3.76. The number of H-pyrrole nitrogens is 1. The molecule has 76 valence electrons. The van der Waals surface area contributed by atoms with Gasteiger partial charge in [0.25, 0.3) is 0 Å². The van der Waals surface area contributed by atoms with Crippen LogP contribution in [0.5, 0.6) is 0 Å². The second-order valence-electron chi connectivity index (χ2n) is 3.65. The van der Waals surface area contributed by atoms with Crippen LogP contribution in [0.3, 0.4) is 0 Å². The van der Waals surface area contributed by atoms with Gasteiger partial charge < -0.3 is 10.3 Å². The number of fused-ring (bicyclic) bond motifs is 1. The van der Waals surface area contributed by atoms with E-state index in [0.717, 1.165) is 25.3 Å². The average Bonchev–Trinajstić information content (AvgIpc) is 2.45. The molecule has 0 amide bonds. The fourth-order valence-corrected chi connectivity index (χ4v) is 2.06. The average molecular weight is 210 g/mol. The molecule has 2 rings (SSSR count). The molecule has 0 radical (unpaired) electrons. The van der Waals surface area contributed by atoms with E-state index in [1.165, 1.54) is 11.3 Å². The van der Waals surface area contributed by atoms with Crippen molar-refractivity contribution in [2.24, 2.45) is 0 Å². The molecule has 0 aliphatic carbocycles. The van der Waals surface area contributed by atoms with Gasteiger partial charge in [-0.2, -0.15) is 0 Å². The van der Waals surface area contributed by atoms with Gasteiger partial charge in [-0.1, -0.05) is 0 Å². The van der Waals surface area contributed by atoms with Crippen LogP contribution in [0.15, 0.2) is 0 Å². The Morgan fingerprint density at radius 3 is 3.07 bits per heavy atom. The number of nitrogens with zero attached hydrogens (tertiary/aromatic N) is 2. The van der Waals surface area contributed by atoms with Crippen LogP contribution in [0.25, 0.3) is 0 Å². The lowest BCUT2D eigenvalue weighted by atomic mass is 10.2. The Hall–Kier alpha value is -0.780. The normalized spacial score (nSPS) is 15.9. The lowest BCUT2D eigenvalue weighted by Gasteiger charge is -2.06. The Labute approximate surface area is 88.4 Å². The SMILES string of the molecule is CNCc1nc(=S)[nH]c2c1CN(C)C2. The third-order valence-electron chi connectivity index (χ3n) is 2.41. The van der Waals surface area contributed by atoms with Crippen molar-refractivity contribution in [1.29, 1.82) is 0 Å². The van der Waals surface area contributed by atoms with E-state index in [-0.39, 0.29) is 0 Å². The molecule has 0 aromatic carbocycles. The molecule has 1 aromatic heterocycles. The van der Waals surface area contributed by atoms with Gasteiger partial charge in [0.15, 0.2) is 4.77 Å². The zero-order valence-corrected chi connectivity index (χ0v) is 9.24. The van der Waals surface area contributed by atoms with E-state index in [1.807, 2.05) is 7.05 Å². The zero-order valence-electron chi connectivity index (χ0n) is 8.42. The fourth-order valence-electron chi connectivity index (χ4n) is 1.83. The van der Waals surface area contributed by atoms with Gasteiger partial charge in [-0.15, -0.1) is 0 Å². The molecule has 1 aromatic rings. The molecule has 0 saturated carbocycles. The molecule has 0 bridgehead atoms. The number of aromatic amines is 1. The van der Waals surface area contributed by atoms with Crippen molar-refractivity contribution in [3.63, 3.8) is 0 Å². The van der Waals surface area contributed by atoms with E-state index in [0.29, 0.717) is 4.77 Å². The van der Waals surface area contributed by atoms with Crippen LogP contribution in [0.2, 0.25) is 0 Å². The van der Waals surface area contributed by atoms with Gasteiger partial charge in [-0.05, 0) is 26.3 Å². The molecule has 5 heteroatoms. The minimum atomic E-state index is 0.587. The lowest BCUT2D eigenvalue weighted by Crippen LogP contribution is -2.12. The molecular weight excluding hydrogens is 196 g/mol. The molecule has 0 spiro atoms. The number of nitrogens with one attached hydrogen (secondary N) is 2. The van der Waals surface area contributed by atoms with Gasteiger partial charge in [-0.3, -0.25) is 4.90 Å². The van der Waals surface area contributed by atoms with Crippen LogP contribution in [-0.4, -0.2) is 29.0 Å². The molecule has 2 heterocycles. The van der Waals surface area contributed by atoms with E-state index in [9.17, 15) is 0 Å². The highest BCUT2D eigenvalue weighted by Crippen LogP contribution is 2.21. The van der Waals surface area contributed by atoms with Crippen molar-refractivity contribution in [2.45, 2.75) is 19.6 Å². The maximum absolute atomic E-state index is 5.08. The Kier molecular flexibility index (Phi) is 2.62. The van der Waals surface area contributed by atoms with Gasteiger partial charge >= 0.3 is 0 Å². The summed E-state index contributed by atoms with van der Waals surface area (Å²) < 4.78 is 0.587. The van der Waals surface area contributed by atoms with Crippen molar-refractivity contribution < 1.29 is 0 Å². The van der Waals surface area contributed by atoms with Crippen LogP contribution in [-0.2, 0) is 19.6 Å². The number of hydrogen-bond acceptors (Lipinski definition) is 4. The molecule has 0 saturated heterocycles. The van der Waals surface area contributed by atoms with Crippen LogP contribution in [0.1, 0.15) is 17.0 Å². The van der Waals surface area contributed by atoms with Crippen LogP contribution < -0.4 is 5.32 Å². The van der Waals surface area contributed by atoms with Gasteiger partial charge in [-0.25, -0.2) is 4.98 Å². The van der Waals surface area contributed by atoms with E-state index >= 15 is 0 Å². The number of hydrogen-bond donors (Lipinski definition) is 2. The lowest BCUT2D eigenvalue weighted by molar-refractivity contribution is 0.350. The summed E-state index contributed by atoms with van der Waals surface area (Å²) in [7, 11) is 4.02. The number of rotatable bonds is 2. The maximum atomic E-state index is 5.08. The highest BCUT2D eigenvalue weighted by Gasteiger charge is 2.19. The van der Waals surface area contributed by atoms with Crippen molar-refractivity contribution in [3.8, 4) is 0 Å². The van der Waals surface area contributed by atoms with Crippen molar-refractivity contribution >= 4 is 12.2 Å². The first kappa shape index (κ1) is 9.76. The summed E-state index contributed by atoms with van der Waals surface area (Å²) in [5, 5.41) is 3.11. The third kappa shape index (κ3) is 1.70. The Balaban J connectivity index is 2.46. The molecule has 0 atom stereocenters. The van der Waals surface area contributed by atoms with Crippen LogP contribution in [0.4, 0.5) is 0 Å². The predicted octanol–water partition coefficient (Wildman–Crippen LogP) is 0.804. The Morgan fingerprint density at radius 1 is 1.57 bits per heavy atom. The first-order valence-corrected chi connectivity index (χ1v) is 5.05. The smallest absolute Gasteiger partial charge is 0.197 e. The molecule has 4 nitrogen and oxygen atoms in total. The van der Waals surface area contributed by atoms with Crippen molar-refractivity contribution in [1.82, 2.24) is 20.2 Å². The Bertz CT molecular complexity index is 398. The standard InChI is InChI=1S/C9H14N4S/c1-10-3-7-6-4-13(2)5-8(6)12-9(14)11-7/h10H,3-5H2,1-2H3,(H,11,12,14). The largest absolute Gasteiger partial charge is 0.333 e. The number of aromatic nitrogens is 2. The summed E-state index contributed by atoms with van der Waals surface area (Å²) in [4.78, 5) is 9.74. The summed E-state index contributed by atoms with van der Waals surface area (Å²) in [6, 6.07) is 0. The van der Waals surface area contributed by atoms with Crippen LogP contribution in [0, 0.1) is 4.77 Å². The molecule has 1 aliphatic heterocycles. The first-order chi connectivity index (χ1) is 6.70. The summed E-state index contributed by atoms with van der Waals surface area (Å²) in [6.45, 7) is 2.69. The maximum Gasteiger partial charge on any atom is 0.197 e. The molecule has 2 N–H and O–H groups in total. The molecule has 1 aliphatic rings. The quantitative estimate of drug-likeness (QED) is 0.709. The highest BCUT2D eigenvalue weighted by atomic mass is 32.1. The van der Waals surface area contributed by atoms with E-state index < -0.39 is 0 Å². The molecular formula is C9H14N4S.